The van der Waals surface area contributed by atoms with Gasteiger partial charge in [0.15, 0.2) is 0 Å². The van der Waals surface area contributed by atoms with E-state index in [9.17, 15) is 5.11 Å². The van der Waals surface area contributed by atoms with E-state index in [1.807, 2.05) is 12.1 Å². The van der Waals surface area contributed by atoms with E-state index in [1.54, 1.807) is 6.92 Å². The van der Waals surface area contributed by atoms with Crippen LogP contribution < -0.4 is 4.74 Å². The molecular formula is C23H28BrN3O2. The molecule has 1 aliphatic carbocycles. The minimum Gasteiger partial charge on any atom is -0.436 e. The van der Waals surface area contributed by atoms with E-state index in [1.165, 1.54) is 23.1 Å². The molecule has 5 nitrogen and oxygen atoms in total. The fraction of sp³-hybridized carbons (Fsp3) is 0.478. The first-order chi connectivity index (χ1) is 14.0. The first-order valence-electron chi connectivity index (χ1n) is 10.5. The summed E-state index contributed by atoms with van der Waals surface area (Å²) in [6.07, 6.45) is 4.76. The van der Waals surface area contributed by atoms with E-state index < -0.39 is 12.3 Å². The molecule has 0 saturated heterocycles. The van der Waals surface area contributed by atoms with Crippen molar-refractivity contribution in [1.82, 2.24) is 14.5 Å². The number of aryl methyl sites for hydroxylation is 3. The van der Waals surface area contributed by atoms with Gasteiger partial charge < -0.3 is 14.4 Å². The summed E-state index contributed by atoms with van der Waals surface area (Å²) in [5.41, 5.74) is 5.64. The number of halogens is 1. The second kappa shape index (κ2) is 8.44. The van der Waals surface area contributed by atoms with Gasteiger partial charge in [-0.3, -0.25) is 0 Å². The molecule has 3 aromatic rings. The number of aromatic nitrogens is 3. The molecule has 1 aliphatic rings. The van der Waals surface area contributed by atoms with E-state index in [0.29, 0.717) is 6.01 Å². The largest absolute Gasteiger partial charge is 0.436 e. The molecule has 0 radical (unpaired) electrons. The molecule has 154 valence electrons. The van der Waals surface area contributed by atoms with Crippen molar-refractivity contribution < 1.29 is 9.84 Å². The number of benzene rings is 1. The second-order valence-corrected chi connectivity index (χ2v) is 8.67. The molecule has 29 heavy (non-hydrogen) atoms. The van der Waals surface area contributed by atoms with Crippen LogP contribution in [0.2, 0.25) is 0 Å². The number of fused-ring (bicyclic) bond motifs is 3. The van der Waals surface area contributed by atoms with Crippen LogP contribution in [-0.4, -0.2) is 25.7 Å². The molecule has 6 heteroatoms. The molecule has 0 amide bonds. The average molecular weight is 458 g/mol. The monoisotopic (exact) mass is 457 g/mol. The standard InChI is InChI=1S/C23H28BrN3O2/c1-4-16-13-17(5-2)26-23(25-16)29-22(14(3)28)27-20-9-7-6-8-18(20)19-12-15(24)10-11-21(19)27/h10-14,22,28H,4-9H2,1-3H3. The Labute approximate surface area is 180 Å². The number of aliphatic hydroxyl groups excluding tert-OH is 1. The summed E-state index contributed by atoms with van der Waals surface area (Å²) in [7, 11) is 0. The Bertz CT molecular complexity index is 1010. The predicted molar refractivity (Wildman–Crippen MR) is 118 cm³/mol. The molecule has 0 fully saturated rings. The van der Waals surface area contributed by atoms with Gasteiger partial charge >= 0.3 is 6.01 Å². The lowest BCUT2D eigenvalue weighted by Crippen LogP contribution is -2.29. The molecule has 2 heterocycles. The second-order valence-electron chi connectivity index (χ2n) is 7.75. The molecule has 4 rings (SSSR count). The van der Waals surface area contributed by atoms with Crippen LogP contribution in [0.1, 0.15) is 62.5 Å². The van der Waals surface area contributed by atoms with Gasteiger partial charge in [0.1, 0.15) is 6.10 Å². The van der Waals surface area contributed by atoms with Crippen LogP contribution in [-0.2, 0) is 25.7 Å². The third kappa shape index (κ3) is 3.92. The van der Waals surface area contributed by atoms with Crippen molar-refractivity contribution in [2.45, 2.75) is 71.6 Å². The average Bonchev–Trinajstić information content (AvgIpc) is 3.05. The summed E-state index contributed by atoms with van der Waals surface area (Å²) in [6.45, 7) is 5.92. The number of aliphatic hydroxyl groups is 1. The number of ether oxygens (including phenoxy) is 1. The first kappa shape index (κ1) is 20.4. The van der Waals surface area contributed by atoms with Gasteiger partial charge in [-0.1, -0.05) is 29.8 Å². The fourth-order valence-electron chi connectivity index (χ4n) is 4.26. The zero-order valence-corrected chi connectivity index (χ0v) is 18.9. The SMILES string of the molecule is CCc1cc(CC)nc(OC(C(C)O)n2c3c(c4cc(Br)ccc42)CCCC3)n1. The predicted octanol–water partition coefficient (Wildman–Crippen LogP) is 5.16. The van der Waals surface area contributed by atoms with Crippen LogP contribution >= 0.6 is 15.9 Å². The molecule has 1 N–H and O–H groups in total. The van der Waals surface area contributed by atoms with Crippen LogP contribution in [0.4, 0.5) is 0 Å². The van der Waals surface area contributed by atoms with Gasteiger partial charge in [0.2, 0.25) is 6.23 Å². The molecule has 0 saturated carbocycles. The maximum absolute atomic E-state index is 10.7. The highest BCUT2D eigenvalue weighted by Crippen LogP contribution is 2.37. The lowest BCUT2D eigenvalue weighted by atomic mass is 9.95. The van der Waals surface area contributed by atoms with Crippen LogP contribution in [0.25, 0.3) is 10.9 Å². The maximum atomic E-state index is 10.7. The minimum atomic E-state index is -0.709. The molecule has 0 aliphatic heterocycles. The van der Waals surface area contributed by atoms with Gasteiger partial charge in [-0.2, -0.15) is 0 Å². The Morgan fingerprint density at radius 3 is 2.45 bits per heavy atom. The summed E-state index contributed by atoms with van der Waals surface area (Å²) < 4.78 is 9.53. The zero-order chi connectivity index (χ0) is 20.5. The summed E-state index contributed by atoms with van der Waals surface area (Å²) in [6, 6.07) is 8.70. The molecule has 2 unspecified atom stereocenters. The Balaban J connectivity index is 1.84. The van der Waals surface area contributed by atoms with E-state index in [2.05, 4.69) is 56.4 Å². The minimum absolute atomic E-state index is 0.343. The zero-order valence-electron chi connectivity index (χ0n) is 17.3. The first-order valence-corrected chi connectivity index (χ1v) is 11.3. The lowest BCUT2D eigenvalue weighted by Gasteiger charge is -2.27. The van der Waals surface area contributed by atoms with Crippen molar-refractivity contribution >= 4 is 26.8 Å². The summed E-state index contributed by atoms with van der Waals surface area (Å²) in [5, 5.41) is 11.9. The fourth-order valence-corrected chi connectivity index (χ4v) is 4.62. The van der Waals surface area contributed by atoms with Crippen molar-refractivity contribution in [1.29, 1.82) is 0 Å². The van der Waals surface area contributed by atoms with Crippen LogP contribution in [0, 0.1) is 0 Å². The topological polar surface area (TPSA) is 60.2 Å². The molecule has 0 spiro atoms. The highest BCUT2D eigenvalue weighted by atomic mass is 79.9. The summed E-state index contributed by atoms with van der Waals surface area (Å²) >= 11 is 3.61. The van der Waals surface area contributed by atoms with Gasteiger partial charge in [-0.05, 0) is 75.3 Å². The highest BCUT2D eigenvalue weighted by molar-refractivity contribution is 9.10. The maximum Gasteiger partial charge on any atom is 0.318 e. The van der Waals surface area contributed by atoms with Gasteiger partial charge in [0.25, 0.3) is 0 Å². The lowest BCUT2D eigenvalue weighted by molar-refractivity contribution is -0.00388. The van der Waals surface area contributed by atoms with E-state index in [-0.39, 0.29) is 0 Å². The Kier molecular flexibility index (Phi) is 5.93. The quantitative estimate of drug-likeness (QED) is 0.555. The van der Waals surface area contributed by atoms with E-state index >= 15 is 0 Å². The number of hydrogen-bond acceptors (Lipinski definition) is 4. The number of rotatable bonds is 6. The normalized spacial score (nSPS) is 15.9. The van der Waals surface area contributed by atoms with Gasteiger partial charge in [-0.15, -0.1) is 0 Å². The Hall–Kier alpha value is -1.92. The molecule has 2 aromatic heterocycles. The number of hydrogen-bond donors (Lipinski definition) is 1. The smallest absolute Gasteiger partial charge is 0.318 e. The molecule has 2 atom stereocenters. The van der Waals surface area contributed by atoms with Crippen LogP contribution in [0.5, 0.6) is 6.01 Å². The van der Waals surface area contributed by atoms with Crippen molar-refractivity contribution in [2.24, 2.45) is 0 Å². The third-order valence-electron chi connectivity index (χ3n) is 5.70. The molecule has 0 bridgehead atoms. The summed E-state index contributed by atoms with van der Waals surface area (Å²) in [4.78, 5) is 9.15. The Morgan fingerprint density at radius 2 is 1.79 bits per heavy atom. The van der Waals surface area contributed by atoms with Crippen molar-refractivity contribution in [3.05, 3.63) is 51.4 Å². The van der Waals surface area contributed by atoms with Crippen LogP contribution in [0.3, 0.4) is 0 Å². The van der Waals surface area contributed by atoms with Crippen molar-refractivity contribution in [2.75, 3.05) is 0 Å². The van der Waals surface area contributed by atoms with E-state index in [0.717, 1.165) is 53.5 Å². The molecular weight excluding hydrogens is 430 g/mol. The van der Waals surface area contributed by atoms with E-state index in [4.69, 9.17) is 4.74 Å². The molecule has 1 aromatic carbocycles. The van der Waals surface area contributed by atoms with Crippen molar-refractivity contribution in [3.8, 4) is 6.01 Å². The highest BCUT2D eigenvalue weighted by Gasteiger charge is 2.29. The van der Waals surface area contributed by atoms with Gasteiger partial charge in [0.05, 0.1) is 5.52 Å². The van der Waals surface area contributed by atoms with Crippen molar-refractivity contribution in [3.63, 3.8) is 0 Å². The number of nitrogens with zero attached hydrogens (tertiary/aromatic N) is 3. The van der Waals surface area contributed by atoms with Crippen LogP contribution in [0.15, 0.2) is 28.7 Å². The third-order valence-corrected chi connectivity index (χ3v) is 6.20. The summed E-state index contributed by atoms with van der Waals surface area (Å²) in [5.74, 6) is 0. The van der Waals surface area contributed by atoms with Gasteiger partial charge in [-0.25, -0.2) is 9.97 Å². The van der Waals surface area contributed by atoms with Gasteiger partial charge in [0, 0.05) is 26.9 Å². The Morgan fingerprint density at radius 1 is 1.10 bits per heavy atom.